The molecule has 3 fully saturated rings. The first-order chi connectivity index (χ1) is 36.3. The van der Waals surface area contributed by atoms with Crippen LogP contribution >= 0.6 is 0 Å². The van der Waals surface area contributed by atoms with E-state index in [0.717, 1.165) is 69.3 Å². The zero-order chi connectivity index (χ0) is 54.2. The van der Waals surface area contributed by atoms with Crippen molar-refractivity contribution >= 4 is 40.7 Å². The van der Waals surface area contributed by atoms with E-state index in [1.165, 1.54) is 33.7 Å². The molecule has 0 radical (unpaired) electrons. The number of nitrogens with zero attached hydrogens (tertiary/aromatic N) is 8. The van der Waals surface area contributed by atoms with Gasteiger partial charge in [0.1, 0.15) is 40.5 Å². The summed E-state index contributed by atoms with van der Waals surface area (Å²) in [6.07, 6.45) is 7.68. The molecule has 2 atom stereocenters. The third-order valence-electron chi connectivity index (χ3n) is 15.0. The second-order valence-corrected chi connectivity index (χ2v) is 22.0. The van der Waals surface area contributed by atoms with Crippen LogP contribution in [-0.2, 0) is 20.9 Å². The van der Waals surface area contributed by atoms with Crippen molar-refractivity contribution < 1.29 is 41.8 Å². The van der Waals surface area contributed by atoms with Crippen LogP contribution in [0.15, 0.2) is 53.5 Å². The van der Waals surface area contributed by atoms with Gasteiger partial charge in [-0.05, 0) is 151 Å². The third kappa shape index (κ3) is 11.3. The van der Waals surface area contributed by atoms with Crippen molar-refractivity contribution in [2.45, 2.75) is 142 Å². The molecule has 1 N–H and O–H groups in total. The van der Waals surface area contributed by atoms with E-state index in [1.54, 1.807) is 50.1 Å². The van der Waals surface area contributed by atoms with E-state index >= 15 is 8.78 Å². The summed E-state index contributed by atoms with van der Waals surface area (Å²) >= 11 is 0. The van der Waals surface area contributed by atoms with Crippen LogP contribution < -0.4 is 20.6 Å². The summed E-state index contributed by atoms with van der Waals surface area (Å²) in [5.74, 6) is -2.99. The molecule has 0 aliphatic carbocycles. The van der Waals surface area contributed by atoms with E-state index in [9.17, 15) is 28.4 Å². The van der Waals surface area contributed by atoms with Gasteiger partial charge in [-0.25, -0.2) is 32.3 Å². The van der Waals surface area contributed by atoms with Gasteiger partial charge in [-0.3, -0.25) is 24.7 Å². The van der Waals surface area contributed by atoms with Gasteiger partial charge >= 0.3 is 11.8 Å². The van der Waals surface area contributed by atoms with Crippen molar-refractivity contribution in [1.29, 1.82) is 0 Å². The molecule has 0 spiro atoms. The Morgan fingerprint density at radius 1 is 0.882 bits per heavy atom. The van der Waals surface area contributed by atoms with Gasteiger partial charge in [0.2, 0.25) is 11.8 Å². The Labute approximate surface area is 441 Å². The Balaban J connectivity index is 0.840. The third-order valence-corrected chi connectivity index (χ3v) is 15.0. The maximum Gasteiger partial charge on any atom is 0.410 e. The molecule has 3 aromatic heterocycles. The van der Waals surface area contributed by atoms with Gasteiger partial charge in [-0.15, -0.1) is 0 Å². The number of carbonyl (C=O) groups is 4. The average Bonchev–Trinajstić information content (AvgIpc) is 3.73. The number of aryl methyl sites for hydroxylation is 1. The van der Waals surface area contributed by atoms with E-state index in [0.29, 0.717) is 28.9 Å². The molecule has 19 heteroatoms. The molecule has 4 aliphatic rings. The number of likely N-dealkylation sites (tertiary alicyclic amines) is 1. The van der Waals surface area contributed by atoms with Gasteiger partial charge in [-0.2, -0.15) is 4.98 Å². The fourth-order valence-corrected chi connectivity index (χ4v) is 11.2. The number of aromatic nitrogens is 4. The Kier molecular flexibility index (Phi) is 15.9. The minimum Gasteiger partial charge on any atom is -0.493 e. The van der Waals surface area contributed by atoms with Gasteiger partial charge in [0.05, 0.1) is 28.9 Å². The Hall–Kier alpha value is -6.89. The lowest BCUT2D eigenvalue weighted by Gasteiger charge is -2.41. The highest BCUT2D eigenvalue weighted by atomic mass is 19.1. The van der Waals surface area contributed by atoms with Crippen LogP contribution in [0.2, 0.25) is 0 Å². The van der Waals surface area contributed by atoms with Crippen LogP contribution in [0.5, 0.6) is 5.75 Å². The summed E-state index contributed by atoms with van der Waals surface area (Å²) in [5.41, 5.74) is 1.91. The van der Waals surface area contributed by atoms with Crippen LogP contribution in [0.4, 0.5) is 23.8 Å². The molecule has 0 bridgehead atoms. The number of hydrogen-bond donors (Lipinski definition) is 1. The fraction of sp³-hybridized carbons (Fsp3) is 0.509. The summed E-state index contributed by atoms with van der Waals surface area (Å²) in [4.78, 5) is 86.7. The first kappa shape index (κ1) is 53.9. The van der Waals surface area contributed by atoms with Crippen LogP contribution in [0.25, 0.3) is 28.0 Å². The van der Waals surface area contributed by atoms with Crippen LogP contribution in [0.3, 0.4) is 0 Å². The number of piperidine rings is 2. The lowest BCUT2D eigenvalue weighted by molar-refractivity contribution is -0.136. The molecule has 9 rings (SSSR count). The quantitative estimate of drug-likeness (QED) is 0.0780. The number of imide groups is 1. The summed E-state index contributed by atoms with van der Waals surface area (Å²) in [6.45, 7) is 16.9. The largest absolute Gasteiger partial charge is 0.493 e. The zero-order valence-electron chi connectivity index (χ0n) is 44.5. The number of pyridine rings is 2. The van der Waals surface area contributed by atoms with Crippen molar-refractivity contribution in [3.8, 4) is 22.7 Å². The Morgan fingerprint density at radius 2 is 1.63 bits per heavy atom. The maximum atomic E-state index is 16.9. The predicted molar refractivity (Wildman–Crippen MR) is 281 cm³/mol. The summed E-state index contributed by atoms with van der Waals surface area (Å²) in [7, 11) is 0. The summed E-state index contributed by atoms with van der Waals surface area (Å²) in [5, 5.41) is 2.56. The molecule has 5 aromatic rings. The van der Waals surface area contributed by atoms with Crippen molar-refractivity contribution in [3.05, 3.63) is 105 Å². The lowest BCUT2D eigenvalue weighted by atomic mass is 9.85. The van der Waals surface area contributed by atoms with Gasteiger partial charge in [0.25, 0.3) is 5.91 Å². The standard InChI is InChI=1S/C57H68F3N9O7/c1-33(2)48-50(34(3)18-21-61-48)69-52-40(51(64-55(69)73)67-26-25-66(31-35(67)4)56(74)76-57(5,6)7)30-43(60)49(63-52)47-42(59)14-13-15-45(47)75-27-12-10-8-9-11-22-65-23-19-36(20-24-65)38-28-37(58)29-39-41(38)32-68(54(39)72)44-16-17-46(70)62-53(44)71/h13-15,18,21,28-30,33,35-36,44H,8-12,16-17,19-20,22-27,31-32H2,1-7H3,(H,62,70,71)/t35-,44?/m0/s1. The normalized spacial score (nSPS) is 18.7. The number of rotatable bonds is 15. The monoisotopic (exact) mass is 1050 g/mol. The van der Waals surface area contributed by atoms with Gasteiger partial charge in [-0.1, -0.05) is 39.2 Å². The second-order valence-electron chi connectivity index (χ2n) is 22.0. The molecule has 7 heterocycles. The fourth-order valence-electron chi connectivity index (χ4n) is 11.2. The van der Waals surface area contributed by atoms with Crippen molar-refractivity contribution in [2.24, 2.45) is 0 Å². The molecule has 1 unspecified atom stereocenters. The number of unbranched alkanes of at least 4 members (excludes halogenated alkanes) is 4. The molecular weight excluding hydrogens is 980 g/mol. The van der Waals surface area contributed by atoms with Crippen LogP contribution in [0, 0.1) is 24.4 Å². The molecular formula is C57H68F3N9O7. The number of benzene rings is 2. The van der Waals surface area contributed by atoms with E-state index in [-0.39, 0.29) is 109 Å². The number of amides is 4. The highest BCUT2D eigenvalue weighted by Crippen LogP contribution is 2.40. The van der Waals surface area contributed by atoms with Crippen molar-refractivity contribution in [3.63, 3.8) is 0 Å². The number of carbonyl (C=O) groups excluding carboxylic acids is 4. The minimum atomic E-state index is -0.834. The zero-order valence-corrected chi connectivity index (χ0v) is 44.5. The maximum absolute atomic E-state index is 16.9. The first-order valence-corrected chi connectivity index (χ1v) is 26.7. The molecule has 76 heavy (non-hydrogen) atoms. The minimum absolute atomic E-state index is 0.0669. The number of hydrogen-bond acceptors (Lipinski definition) is 12. The van der Waals surface area contributed by atoms with Crippen LogP contribution in [0.1, 0.15) is 144 Å². The number of fused-ring (bicyclic) bond motifs is 2. The number of nitrogens with one attached hydrogen (secondary N) is 1. The number of piperazine rings is 1. The van der Waals surface area contributed by atoms with Crippen molar-refractivity contribution in [1.82, 2.24) is 39.5 Å². The molecule has 3 saturated heterocycles. The SMILES string of the molecule is Cc1ccnc(C(C)C)c1-n1c(=O)nc(N2CCN(C(=O)OC(C)(C)C)C[C@@H]2C)c2cc(F)c(-c3c(F)cccc3OCCCCCCCN3CCC(c4cc(F)cc5c4CN(C4CCC(=O)NC4=O)C5=O)CC3)nc21. The van der Waals surface area contributed by atoms with E-state index < -0.39 is 46.8 Å². The molecule has 404 valence electrons. The highest BCUT2D eigenvalue weighted by Gasteiger charge is 2.41. The van der Waals surface area contributed by atoms with E-state index in [1.807, 2.05) is 32.6 Å². The summed E-state index contributed by atoms with van der Waals surface area (Å²) in [6, 6.07) is 9.04. The smallest absolute Gasteiger partial charge is 0.410 e. The number of anilines is 1. The van der Waals surface area contributed by atoms with E-state index in [4.69, 9.17) is 14.5 Å². The van der Waals surface area contributed by atoms with E-state index in [2.05, 4.69) is 20.2 Å². The topological polar surface area (TPSA) is 172 Å². The average molecular weight is 1050 g/mol. The van der Waals surface area contributed by atoms with Crippen LogP contribution in [-0.4, -0.2) is 122 Å². The molecule has 4 aliphatic heterocycles. The van der Waals surface area contributed by atoms with Gasteiger partial charge in [0, 0.05) is 50.4 Å². The highest BCUT2D eigenvalue weighted by molar-refractivity contribution is 6.05. The molecule has 16 nitrogen and oxygen atoms in total. The lowest BCUT2D eigenvalue weighted by Crippen LogP contribution is -2.55. The second kappa shape index (κ2) is 22.4. The van der Waals surface area contributed by atoms with Gasteiger partial charge in [0.15, 0.2) is 11.5 Å². The number of ether oxygens (including phenoxy) is 2. The Morgan fingerprint density at radius 3 is 2.36 bits per heavy atom. The summed E-state index contributed by atoms with van der Waals surface area (Å²) < 4.78 is 61.2. The van der Waals surface area contributed by atoms with Gasteiger partial charge < -0.3 is 29.1 Å². The number of halogens is 3. The molecule has 2 aromatic carbocycles. The van der Waals surface area contributed by atoms with Crippen molar-refractivity contribution in [2.75, 3.05) is 50.8 Å². The predicted octanol–water partition coefficient (Wildman–Crippen LogP) is 9.11. The molecule has 0 saturated carbocycles. The first-order valence-electron chi connectivity index (χ1n) is 26.7. The molecule has 4 amide bonds. The Bertz CT molecular complexity index is 3120.